The largest absolute Gasteiger partial charge is 0.310 e. The van der Waals surface area contributed by atoms with Crippen LogP contribution in [0.1, 0.15) is 36.2 Å². The SMILES string of the molecule is CC(NCCCCc1cccs1)c1ccc2cccccc1-2. The molecule has 1 nitrogen and oxygen atoms in total. The molecule has 0 fully saturated rings. The minimum Gasteiger partial charge on any atom is -0.310 e. The minimum atomic E-state index is 0.404. The van der Waals surface area contributed by atoms with Gasteiger partial charge < -0.3 is 5.32 Å². The highest BCUT2D eigenvalue weighted by Gasteiger charge is 2.13. The van der Waals surface area contributed by atoms with E-state index in [4.69, 9.17) is 0 Å². The summed E-state index contributed by atoms with van der Waals surface area (Å²) in [5.41, 5.74) is 4.10. The first kappa shape index (κ1) is 15.3. The zero-order valence-electron chi connectivity index (χ0n) is 13.1. The Labute approximate surface area is 137 Å². The number of hydrogen-bond acceptors (Lipinski definition) is 2. The van der Waals surface area contributed by atoms with Crippen molar-refractivity contribution in [1.82, 2.24) is 5.32 Å². The van der Waals surface area contributed by atoms with Crippen LogP contribution in [-0.4, -0.2) is 6.54 Å². The molecule has 114 valence electrons. The Balaban J connectivity index is 1.48. The number of fused-ring (bicyclic) bond motifs is 1. The normalized spacial score (nSPS) is 12.6. The van der Waals surface area contributed by atoms with Gasteiger partial charge in [-0.05, 0) is 60.9 Å². The van der Waals surface area contributed by atoms with Crippen molar-refractivity contribution in [3.8, 4) is 11.1 Å². The van der Waals surface area contributed by atoms with E-state index in [-0.39, 0.29) is 0 Å². The molecule has 22 heavy (non-hydrogen) atoms. The first-order chi connectivity index (χ1) is 10.8. The number of unbranched alkanes of at least 4 members (excludes halogenated alkanes) is 1. The van der Waals surface area contributed by atoms with Crippen LogP contribution < -0.4 is 5.32 Å². The van der Waals surface area contributed by atoms with Crippen LogP contribution in [0, 0.1) is 0 Å². The summed E-state index contributed by atoms with van der Waals surface area (Å²) in [6.45, 7) is 3.35. The maximum atomic E-state index is 3.67. The Kier molecular flexibility index (Phi) is 5.25. The number of hydrogen-bond donors (Lipinski definition) is 1. The average Bonchev–Trinajstić information content (AvgIpc) is 3.12. The van der Waals surface area contributed by atoms with Gasteiger partial charge in [-0.15, -0.1) is 11.3 Å². The molecule has 3 rings (SSSR count). The van der Waals surface area contributed by atoms with Crippen molar-refractivity contribution < 1.29 is 0 Å². The summed E-state index contributed by atoms with van der Waals surface area (Å²) in [7, 11) is 0. The highest BCUT2D eigenvalue weighted by molar-refractivity contribution is 7.09. The van der Waals surface area contributed by atoms with Gasteiger partial charge in [0.05, 0.1) is 0 Å². The fourth-order valence-electron chi connectivity index (χ4n) is 2.92. The highest BCUT2D eigenvalue weighted by Crippen LogP contribution is 2.31. The molecule has 0 saturated heterocycles. The van der Waals surface area contributed by atoms with Crippen LogP contribution in [0.3, 0.4) is 0 Å². The minimum absolute atomic E-state index is 0.404. The molecule has 2 aliphatic rings. The average molecular weight is 309 g/mol. The van der Waals surface area contributed by atoms with Crippen LogP contribution in [-0.2, 0) is 6.42 Å². The predicted molar refractivity (Wildman–Crippen MR) is 96.7 cm³/mol. The molecule has 1 N–H and O–H groups in total. The molecule has 1 atom stereocenters. The molecule has 1 unspecified atom stereocenters. The van der Waals surface area contributed by atoms with E-state index in [1.807, 2.05) is 11.3 Å². The van der Waals surface area contributed by atoms with Crippen molar-refractivity contribution in [2.24, 2.45) is 0 Å². The monoisotopic (exact) mass is 309 g/mol. The standard InChI is InChI=1S/C20H23NS/c1-16(21-14-6-5-9-18-10-7-15-22-18)19-13-12-17-8-3-2-4-11-20(17)19/h2-4,7-8,10-13,15-16,21H,5-6,9,14H2,1H3. The molecule has 0 aliphatic heterocycles. The molecule has 2 heteroatoms. The summed E-state index contributed by atoms with van der Waals surface area (Å²) < 4.78 is 0. The summed E-state index contributed by atoms with van der Waals surface area (Å²) in [4.78, 5) is 1.50. The first-order valence-corrected chi connectivity index (χ1v) is 8.96. The molecule has 2 aliphatic carbocycles. The van der Waals surface area contributed by atoms with Crippen molar-refractivity contribution in [3.05, 3.63) is 70.4 Å². The summed E-state index contributed by atoms with van der Waals surface area (Å²) in [6, 6.07) is 20.0. The molecule has 1 heterocycles. The summed E-state index contributed by atoms with van der Waals surface area (Å²) in [5.74, 6) is 0. The Morgan fingerprint density at radius 1 is 0.955 bits per heavy atom. The van der Waals surface area contributed by atoms with E-state index in [1.54, 1.807) is 0 Å². The van der Waals surface area contributed by atoms with E-state index in [9.17, 15) is 0 Å². The van der Waals surface area contributed by atoms with Gasteiger partial charge in [-0.2, -0.15) is 0 Å². The molecular formula is C20H23NS. The molecule has 0 bridgehead atoms. The second-order valence-electron chi connectivity index (χ2n) is 5.78. The van der Waals surface area contributed by atoms with Crippen molar-refractivity contribution in [3.63, 3.8) is 0 Å². The Morgan fingerprint density at radius 2 is 1.86 bits per heavy atom. The van der Waals surface area contributed by atoms with Gasteiger partial charge in [0.15, 0.2) is 0 Å². The van der Waals surface area contributed by atoms with Crippen molar-refractivity contribution >= 4 is 11.3 Å². The topological polar surface area (TPSA) is 12.0 Å². The zero-order chi connectivity index (χ0) is 15.2. The van der Waals surface area contributed by atoms with Gasteiger partial charge in [0.25, 0.3) is 0 Å². The van der Waals surface area contributed by atoms with Crippen molar-refractivity contribution in [2.75, 3.05) is 6.54 Å². The molecule has 0 aromatic carbocycles. The van der Waals surface area contributed by atoms with E-state index in [2.05, 4.69) is 72.2 Å². The summed E-state index contributed by atoms with van der Waals surface area (Å²) in [6.07, 6.45) is 3.70. The Morgan fingerprint density at radius 3 is 2.73 bits per heavy atom. The third kappa shape index (κ3) is 3.76. The number of nitrogens with one attached hydrogen (secondary N) is 1. The zero-order valence-corrected chi connectivity index (χ0v) is 13.9. The summed E-state index contributed by atoms with van der Waals surface area (Å²) in [5, 5.41) is 5.83. The van der Waals surface area contributed by atoms with Gasteiger partial charge in [-0.3, -0.25) is 0 Å². The molecule has 0 spiro atoms. The maximum absolute atomic E-state index is 3.67. The van der Waals surface area contributed by atoms with E-state index in [0.29, 0.717) is 6.04 Å². The second kappa shape index (κ2) is 7.57. The van der Waals surface area contributed by atoms with Crippen LogP contribution in [0.2, 0.25) is 0 Å². The van der Waals surface area contributed by atoms with Crippen LogP contribution >= 0.6 is 11.3 Å². The third-order valence-electron chi connectivity index (χ3n) is 4.17. The van der Waals surface area contributed by atoms with Crippen LogP contribution in [0.15, 0.2) is 60.0 Å². The fourth-order valence-corrected chi connectivity index (χ4v) is 3.68. The van der Waals surface area contributed by atoms with Gasteiger partial charge >= 0.3 is 0 Å². The molecule has 0 saturated carbocycles. The van der Waals surface area contributed by atoms with Crippen molar-refractivity contribution in [2.45, 2.75) is 32.2 Å². The van der Waals surface area contributed by atoms with E-state index < -0.39 is 0 Å². The van der Waals surface area contributed by atoms with Gasteiger partial charge in [0.1, 0.15) is 0 Å². The number of thiophene rings is 1. The third-order valence-corrected chi connectivity index (χ3v) is 5.11. The van der Waals surface area contributed by atoms with Gasteiger partial charge in [0, 0.05) is 10.9 Å². The lowest BCUT2D eigenvalue weighted by Crippen LogP contribution is -2.19. The molecular weight excluding hydrogens is 286 g/mol. The molecule has 0 amide bonds. The quantitative estimate of drug-likeness (QED) is 0.566. The summed E-state index contributed by atoms with van der Waals surface area (Å²) >= 11 is 1.87. The maximum Gasteiger partial charge on any atom is 0.0297 e. The number of rotatable bonds is 7. The Hall–Kier alpha value is -1.64. The first-order valence-electron chi connectivity index (χ1n) is 8.08. The Bertz CT molecular complexity index is 659. The van der Waals surface area contributed by atoms with Crippen LogP contribution in [0.25, 0.3) is 11.1 Å². The van der Waals surface area contributed by atoms with E-state index in [1.165, 1.54) is 40.8 Å². The lowest BCUT2D eigenvalue weighted by molar-refractivity contribution is 0.549. The predicted octanol–water partition coefficient (Wildman–Crippen LogP) is 5.53. The lowest BCUT2D eigenvalue weighted by atomic mass is 10.0. The lowest BCUT2D eigenvalue weighted by Gasteiger charge is -2.14. The second-order valence-corrected chi connectivity index (χ2v) is 6.81. The van der Waals surface area contributed by atoms with Crippen molar-refractivity contribution in [1.29, 1.82) is 0 Å². The van der Waals surface area contributed by atoms with Gasteiger partial charge in [0.2, 0.25) is 0 Å². The molecule has 0 radical (unpaired) electrons. The van der Waals surface area contributed by atoms with E-state index in [0.717, 1.165) is 6.54 Å². The highest BCUT2D eigenvalue weighted by atomic mass is 32.1. The van der Waals surface area contributed by atoms with E-state index >= 15 is 0 Å². The van der Waals surface area contributed by atoms with Crippen LogP contribution in [0.4, 0.5) is 0 Å². The van der Waals surface area contributed by atoms with Gasteiger partial charge in [-0.1, -0.05) is 48.5 Å². The smallest absolute Gasteiger partial charge is 0.0297 e. The van der Waals surface area contributed by atoms with Gasteiger partial charge in [-0.25, -0.2) is 0 Å². The fraction of sp³-hybridized carbons (Fsp3) is 0.300. The van der Waals surface area contributed by atoms with Crippen LogP contribution in [0.5, 0.6) is 0 Å². The molecule has 1 aromatic rings. The number of aryl methyl sites for hydroxylation is 1. The molecule has 1 aromatic heterocycles.